The van der Waals surface area contributed by atoms with Gasteiger partial charge in [0.1, 0.15) is 0 Å². The molecule has 10 aromatic rings. The number of hydrogen-bond donors (Lipinski definition) is 0. The summed E-state index contributed by atoms with van der Waals surface area (Å²) in [6.07, 6.45) is 6.33. The molecule has 0 aliphatic carbocycles. The lowest BCUT2D eigenvalue weighted by Gasteiger charge is -2.14. The lowest BCUT2D eigenvalue weighted by Crippen LogP contribution is -2.00. The van der Waals surface area contributed by atoms with Gasteiger partial charge in [-0.3, -0.25) is 0 Å². The van der Waals surface area contributed by atoms with E-state index in [1.54, 1.807) is 0 Å². The van der Waals surface area contributed by atoms with Gasteiger partial charge in [0.2, 0.25) is 0 Å². The predicted octanol–water partition coefficient (Wildman–Crippen LogP) is 12.7. The first-order valence-electron chi connectivity index (χ1n) is 18.5. The molecule has 0 saturated carbocycles. The van der Waals surface area contributed by atoms with Crippen molar-refractivity contribution in [3.63, 3.8) is 0 Å². The van der Waals surface area contributed by atoms with Gasteiger partial charge in [-0.25, -0.2) is 15.0 Å². The third kappa shape index (κ3) is 5.20. The highest BCUT2D eigenvalue weighted by atomic mass is 15.0. The minimum absolute atomic E-state index is 0.628. The molecular formula is C50H35N5. The van der Waals surface area contributed by atoms with E-state index in [1.165, 1.54) is 32.4 Å². The van der Waals surface area contributed by atoms with Gasteiger partial charge in [0, 0.05) is 55.2 Å². The SMILES string of the molecule is C=Cc1c(/C=C\C)n(-c2ccccc2)c2c1c1ccccc1c1c2c2ccccc2n1-c1ccc(-c2nc(-c3ccccc3)nc(-c3ccccc3)n2)cc1. The summed E-state index contributed by atoms with van der Waals surface area (Å²) in [5, 5.41) is 5.96. The molecule has 5 nitrogen and oxygen atoms in total. The van der Waals surface area contributed by atoms with Crippen LogP contribution in [0.25, 0.3) is 101 Å². The van der Waals surface area contributed by atoms with Gasteiger partial charge in [0.25, 0.3) is 0 Å². The fraction of sp³-hybridized carbons (Fsp3) is 0.0200. The van der Waals surface area contributed by atoms with Gasteiger partial charge in [-0.1, -0.05) is 140 Å². The first-order valence-corrected chi connectivity index (χ1v) is 18.5. The Morgan fingerprint density at radius 2 is 0.945 bits per heavy atom. The van der Waals surface area contributed by atoms with E-state index >= 15 is 0 Å². The Bertz CT molecular complexity index is 3020. The molecule has 0 aliphatic rings. The normalized spacial score (nSPS) is 11.7. The van der Waals surface area contributed by atoms with Crippen molar-refractivity contribution >= 4 is 55.6 Å². The van der Waals surface area contributed by atoms with Crippen molar-refractivity contribution in [2.75, 3.05) is 0 Å². The van der Waals surface area contributed by atoms with Crippen LogP contribution >= 0.6 is 0 Å². The van der Waals surface area contributed by atoms with Gasteiger partial charge in [-0.15, -0.1) is 0 Å². The Labute approximate surface area is 318 Å². The van der Waals surface area contributed by atoms with Crippen molar-refractivity contribution in [1.29, 1.82) is 0 Å². The van der Waals surface area contributed by atoms with Crippen LogP contribution in [0.15, 0.2) is 176 Å². The lowest BCUT2D eigenvalue weighted by atomic mass is 9.98. The molecule has 0 fully saturated rings. The summed E-state index contributed by atoms with van der Waals surface area (Å²) in [6.45, 7) is 6.42. The molecule has 0 atom stereocenters. The standard InChI is InChI=1S/C50H35N5/c1-3-18-42-38(4-2)44-39-25-14-15-26-40(39)46-45(47(44)55(42)36-23-12-7-13-24-36)41-27-16-17-28-43(41)54(46)37-31-29-35(30-32-37)50-52-48(33-19-8-5-9-20-33)51-49(53-50)34-21-10-6-11-22-34/h3-32H,2H2,1H3/b18-3-. The van der Waals surface area contributed by atoms with Crippen molar-refractivity contribution in [2.24, 2.45) is 0 Å². The zero-order valence-electron chi connectivity index (χ0n) is 30.3. The van der Waals surface area contributed by atoms with Crippen LogP contribution in [-0.4, -0.2) is 24.1 Å². The third-order valence-electron chi connectivity index (χ3n) is 10.4. The Balaban J connectivity index is 1.25. The molecule has 3 heterocycles. The second-order valence-electron chi connectivity index (χ2n) is 13.6. The zero-order valence-corrected chi connectivity index (χ0v) is 30.3. The first kappa shape index (κ1) is 32.3. The average molecular weight is 706 g/mol. The number of rotatable bonds is 7. The highest BCUT2D eigenvalue weighted by Crippen LogP contribution is 2.46. The summed E-state index contributed by atoms with van der Waals surface area (Å²) in [6, 6.07) is 57.0. The van der Waals surface area contributed by atoms with Crippen LogP contribution in [0.3, 0.4) is 0 Å². The first-order chi connectivity index (χ1) is 27.2. The molecule has 0 unspecified atom stereocenters. The highest BCUT2D eigenvalue weighted by Gasteiger charge is 2.25. The van der Waals surface area contributed by atoms with Crippen molar-refractivity contribution in [1.82, 2.24) is 24.1 Å². The summed E-state index contributed by atoms with van der Waals surface area (Å²) >= 11 is 0. The van der Waals surface area contributed by atoms with Crippen LogP contribution in [0.4, 0.5) is 0 Å². The summed E-state index contributed by atoms with van der Waals surface area (Å²) in [5.41, 5.74) is 10.7. The Kier molecular flexibility index (Phi) is 7.77. The molecule has 0 N–H and O–H groups in total. The van der Waals surface area contributed by atoms with Gasteiger partial charge < -0.3 is 9.13 Å². The van der Waals surface area contributed by atoms with Crippen LogP contribution in [-0.2, 0) is 0 Å². The number of nitrogens with zero attached hydrogens (tertiary/aromatic N) is 5. The van der Waals surface area contributed by atoms with E-state index in [-0.39, 0.29) is 0 Å². The fourth-order valence-corrected chi connectivity index (χ4v) is 8.10. The molecule has 55 heavy (non-hydrogen) atoms. The maximum absolute atomic E-state index is 4.99. The average Bonchev–Trinajstić information content (AvgIpc) is 3.78. The third-order valence-corrected chi connectivity index (χ3v) is 10.4. The fourth-order valence-electron chi connectivity index (χ4n) is 8.10. The molecule has 7 aromatic carbocycles. The Morgan fingerprint density at radius 3 is 1.53 bits per heavy atom. The molecule has 5 heteroatoms. The number of benzene rings is 7. The van der Waals surface area contributed by atoms with E-state index in [0.29, 0.717) is 17.5 Å². The van der Waals surface area contributed by atoms with E-state index in [1.807, 2.05) is 66.7 Å². The van der Waals surface area contributed by atoms with Crippen molar-refractivity contribution in [3.05, 3.63) is 188 Å². The largest absolute Gasteiger partial charge is 0.309 e. The Hall–Kier alpha value is -7.37. The zero-order chi connectivity index (χ0) is 36.9. The minimum Gasteiger partial charge on any atom is -0.309 e. The molecule has 0 radical (unpaired) electrons. The van der Waals surface area contributed by atoms with Gasteiger partial charge in [0.05, 0.1) is 22.2 Å². The van der Waals surface area contributed by atoms with E-state index in [4.69, 9.17) is 15.0 Å². The van der Waals surface area contributed by atoms with E-state index in [2.05, 4.69) is 138 Å². The quantitative estimate of drug-likeness (QED) is 0.166. The van der Waals surface area contributed by atoms with E-state index in [0.717, 1.165) is 50.4 Å². The van der Waals surface area contributed by atoms with E-state index < -0.39 is 0 Å². The summed E-state index contributed by atoms with van der Waals surface area (Å²) in [4.78, 5) is 14.9. The summed E-state index contributed by atoms with van der Waals surface area (Å²) in [7, 11) is 0. The van der Waals surface area contributed by atoms with E-state index in [9.17, 15) is 0 Å². The maximum atomic E-state index is 4.99. The minimum atomic E-state index is 0.628. The monoisotopic (exact) mass is 705 g/mol. The van der Waals surface area contributed by atoms with Crippen LogP contribution in [0.1, 0.15) is 18.2 Å². The van der Waals surface area contributed by atoms with Crippen LogP contribution < -0.4 is 0 Å². The number of allylic oxidation sites excluding steroid dienone is 1. The van der Waals surface area contributed by atoms with Crippen LogP contribution in [0.2, 0.25) is 0 Å². The summed E-state index contributed by atoms with van der Waals surface area (Å²) in [5.74, 6) is 1.91. The summed E-state index contributed by atoms with van der Waals surface area (Å²) < 4.78 is 4.83. The van der Waals surface area contributed by atoms with Crippen LogP contribution in [0, 0.1) is 0 Å². The highest BCUT2D eigenvalue weighted by molar-refractivity contribution is 6.33. The second kappa shape index (κ2) is 13.2. The van der Waals surface area contributed by atoms with Crippen molar-refractivity contribution < 1.29 is 0 Å². The molecule has 0 amide bonds. The van der Waals surface area contributed by atoms with Crippen molar-refractivity contribution in [3.8, 4) is 45.5 Å². The van der Waals surface area contributed by atoms with Gasteiger partial charge in [-0.05, 0) is 60.9 Å². The number of fused-ring (bicyclic) bond motifs is 8. The van der Waals surface area contributed by atoms with Gasteiger partial charge in [-0.2, -0.15) is 0 Å². The number of para-hydroxylation sites is 2. The molecular weight excluding hydrogens is 671 g/mol. The molecule has 0 bridgehead atoms. The van der Waals surface area contributed by atoms with Gasteiger partial charge in [0.15, 0.2) is 17.5 Å². The molecule has 260 valence electrons. The van der Waals surface area contributed by atoms with Gasteiger partial charge >= 0.3 is 0 Å². The second-order valence-corrected chi connectivity index (χ2v) is 13.6. The molecule has 10 rings (SSSR count). The smallest absolute Gasteiger partial charge is 0.164 e. The van der Waals surface area contributed by atoms with Crippen LogP contribution in [0.5, 0.6) is 0 Å². The molecule has 3 aromatic heterocycles. The Morgan fingerprint density at radius 1 is 0.455 bits per heavy atom. The molecule has 0 aliphatic heterocycles. The number of hydrogen-bond acceptors (Lipinski definition) is 3. The maximum Gasteiger partial charge on any atom is 0.164 e. The topological polar surface area (TPSA) is 48.5 Å². The number of aromatic nitrogens is 5. The van der Waals surface area contributed by atoms with Crippen molar-refractivity contribution in [2.45, 2.75) is 6.92 Å². The predicted molar refractivity (Wildman–Crippen MR) is 230 cm³/mol. The molecule has 0 spiro atoms. The molecule has 0 saturated heterocycles. The lowest BCUT2D eigenvalue weighted by molar-refractivity contribution is 1.07.